The fraction of sp³-hybridized carbons (Fsp3) is 0.769. The average Bonchev–Trinajstić information content (AvgIpc) is 2.44. The largest absolute Gasteiger partial charge is 0.478 e. The van der Waals surface area contributed by atoms with Gasteiger partial charge in [-0.05, 0) is 13.8 Å². The van der Waals surface area contributed by atoms with Gasteiger partial charge in [0.1, 0.15) is 0 Å². The van der Waals surface area contributed by atoms with Crippen LogP contribution in [0.2, 0.25) is 0 Å². The lowest BCUT2D eigenvalue weighted by Crippen LogP contribution is -1.93. The first-order valence-corrected chi connectivity index (χ1v) is 5.94. The van der Waals surface area contributed by atoms with Gasteiger partial charge in [-0.15, -0.1) is 0 Å². The van der Waals surface area contributed by atoms with E-state index in [2.05, 4.69) is 0 Å². The zero-order valence-corrected chi connectivity index (χ0v) is 11.6. The van der Waals surface area contributed by atoms with Crippen LogP contribution in [0.1, 0.15) is 52.4 Å². The van der Waals surface area contributed by atoms with Crippen molar-refractivity contribution in [2.24, 2.45) is 0 Å². The minimum absolute atomic E-state index is 0.389. The highest BCUT2D eigenvalue weighted by atomic mass is 16.4. The summed E-state index contributed by atoms with van der Waals surface area (Å²) in [5.74, 6) is -0.845. The number of hydrogen-bond donors (Lipinski definition) is 3. The van der Waals surface area contributed by atoms with E-state index in [1.807, 2.05) is 0 Å². The van der Waals surface area contributed by atoms with Gasteiger partial charge in [0.25, 0.3) is 0 Å². The smallest absolute Gasteiger partial charge is 0.330 e. The Labute approximate surface area is 105 Å². The molecule has 0 unspecified atom stereocenters. The monoisotopic (exact) mass is 248 g/mol. The number of allylic oxidation sites excluding steroid dienone is 1. The third kappa shape index (κ3) is 21.1. The maximum absolute atomic E-state index is 9.86. The second-order valence-corrected chi connectivity index (χ2v) is 3.40. The second-order valence-electron chi connectivity index (χ2n) is 3.40. The summed E-state index contributed by atoms with van der Waals surface area (Å²) in [5, 5.41) is 22.1. The summed E-state index contributed by atoms with van der Waals surface area (Å²) in [5.41, 5.74) is 0.389. The Morgan fingerprint density at radius 2 is 1.12 bits per heavy atom. The van der Waals surface area contributed by atoms with E-state index in [-0.39, 0.29) is 0 Å². The number of rotatable bonds is 1. The molecular formula is C13H28O4. The van der Waals surface area contributed by atoms with Crippen molar-refractivity contribution in [2.75, 3.05) is 14.2 Å². The average molecular weight is 248 g/mol. The number of carboxylic acid groups (broad SMARTS) is 1. The van der Waals surface area contributed by atoms with Crippen LogP contribution in [0, 0.1) is 0 Å². The molecule has 0 aromatic heterocycles. The minimum Gasteiger partial charge on any atom is -0.478 e. The van der Waals surface area contributed by atoms with Gasteiger partial charge in [0.05, 0.1) is 0 Å². The van der Waals surface area contributed by atoms with Crippen LogP contribution in [0.5, 0.6) is 0 Å². The fourth-order valence-corrected chi connectivity index (χ4v) is 1.18. The highest BCUT2D eigenvalue weighted by molar-refractivity contribution is 5.85. The molecule has 3 N–H and O–H groups in total. The SMILES string of the molecule is C1CCCCC1.CC=C(C)C(=O)O.CO.CO. The van der Waals surface area contributed by atoms with Gasteiger partial charge < -0.3 is 15.3 Å². The van der Waals surface area contributed by atoms with Gasteiger partial charge in [0, 0.05) is 19.8 Å². The second kappa shape index (κ2) is 20.5. The van der Waals surface area contributed by atoms with Crippen molar-refractivity contribution in [1.29, 1.82) is 0 Å². The van der Waals surface area contributed by atoms with Crippen LogP contribution < -0.4 is 0 Å². The van der Waals surface area contributed by atoms with E-state index < -0.39 is 5.97 Å². The van der Waals surface area contributed by atoms with E-state index in [0.717, 1.165) is 14.2 Å². The van der Waals surface area contributed by atoms with Gasteiger partial charge in [-0.2, -0.15) is 0 Å². The molecule has 0 aromatic rings. The van der Waals surface area contributed by atoms with E-state index in [4.69, 9.17) is 15.3 Å². The lowest BCUT2D eigenvalue weighted by molar-refractivity contribution is -0.132. The molecule has 0 saturated heterocycles. The maximum Gasteiger partial charge on any atom is 0.330 e. The van der Waals surface area contributed by atoms with Crippen LogP contribution in [-0.2, 0) is 4.79 Å². The molecule has 1 rings (SSSR count). The molecule has 0 aromatic carbocycles. The molecule has 4 nitrogen and oxygen atoms in total. The summed E-state index contributed by atoms with van der Waals surface area (Å²) < 4.78 is 0. The van der Waals surface area contributed by atoms with E-state index in [0.29, 0.717) is 5.57 Å². The number of hydrogen-bond acceptors (Lipinski definition) is 3. The zero-order chi connectivity index (χ0) is 14.1. The highest BCUT2D eigenvalue weighted by Gasteiger charge is 1.95. The number of aliphatic hydroxyl groups excluding tert-OH is 2. The van der Waals surface area contributed by atoms with Crippen LogP contribution in [0.4, 0.5) is 0 Å². The number of carboxylic acids is 1. The van der Waals surface area contributed by atoms with Crippen molar-refractivity contribution in [1.82, 2.24) is 0 Å². The van der Waals surface area contributed by atoms with Crippen LogP contribution in [0.25, 0.3) is 0 Å². The quantitative estimate of drug-likeness (QED) is 0.623. The van der Waals surface area contributed by atoms with Crippen molar-refractivity contribution in [3.05, 3.63) is 11.6 Å². The van der Waals surface area contributed by atoms with Crippen LogP contribution in [0.15, 0.2) is 11.6 Å². The Balaban J connectivity index is -0.000000179. The van der Waals surface area contributed by atoms with E-state index >= 15 is 0 Å². The first-order chi connectivity index (χ1) is 8.18. The summed E-state index contributed by atoms with van der Waals surface area (Å²) >= 11 is 0. The number of carbonyl (C=O) groups is 1. The van der Waals surface area contributed by atoms with Gasteiger partial charge in [-0.1, -0.05) is 44.6 Å². The molecule has 104 valence electrons. The normalized spacial score (nSPS) is 13.9. The van der Waals surface area contributed by atoms with Gasteiger partial charge in [-0.3, -0.25) is 0 Å². The molecule has 1 aliphatic rings. The highest BCUT2D eigenvalue weighted by Crippen LogP contribution is 2.15. The summed E-state index contributed by atoms with van der Waals surface area (Å²) in [6, 6.07) is 0. The molecule has 0 aliphatic heterocycles. The van der Waals surface area contributed by atoms with Gasteiger partial charge in [0.2, 0.25) is 0 Å². The Bertz CT molecular complexity index is 161. The van der Waals surface area contributed by atoms with Gasteiger partial charge in [0.15, 0.2) is 0 Å². The molecule has 0 amide bonds. The standard InChI is InChI=1S/C6H12.C5H8O2.2CH4O/c1-2-4-6-5-3-1;1-3-4(2)5(6)7;2*1-2/h1-6H2;3H,1-2H3,(H,6,7);2*2H,1H3. The molecule has 4 heteroatoms. The van der Waals surface area contributed by atoms with Crippen molar-refractivity contribution >= 4 is 5.97 Å². The maximum atomic E-state index is 9.86. The predicted octanol–water partition coefficient (Wildman–Crippen LogP) is 2.59. The molecule has 17 heavy (non-hydrogen) atoms. The summed E-state index contributed by atoms with van der Waals surface area (Å²) in [7, 11) is 2.00. The molecule has 1 saturated carbocycles. The van der Waals surface area contributed by atoms with Crippen LogP contribution >= 0.6 is 0 Å². The number of aliphatic hydroxyl groups is 2. The molecule has 0 heterocycles. The zero-order valence-electron chi connectivity index (χ0n) is 11.6. The molecular weight excluding hydrogens is 220 g/mol. The molecule has 0 bridgehead atoms. The molecule has 1 fully saturated rings. The Hall–Kier alpha value is -0.870. The molecule has 1 aliphatic carbocycles. The third-order valence-corrected chi connectivity index (χ3v) is 2.27. The topological polar surface area (TPSA) is 77.8 Å². The van der Waals surface area contributed by atoms with Gasteiger partial charge >= 0.3 is 5.97 Å². The summed E-state index contributed by atoms with van der Waals surface area (Å²) in [6.07, 6.45) is 10.6. The van der Waals surface area contributed by atoms with Crippen LogP contribution in [-0.4, -0.2) is 35.5 Å². The van der Waals surface area contributed by atoms with Crippen LogP contribution in [0.3, 0.4) is 0 Å². The minimum atomic E-state index is -0.845. The first-order valence-electron chi connectivity index (χ1n) is 5.94. The van der Waals surface area contributed by atoms with Crippen molar-refractivity contribution in [3.8, 4) is 0 Å². The lowest BCUT2D eigenvalue weighted by Gasteiger charge is -2.05. The van der Waals surface area contributed by atoms with Gasteiger partial charge in [-0.25, -0.2) is 4.79 Å². The van der Waals surface area contributed by atoms with Crippen molar-refractivity contribution in [2.45, 2.75) is 52.4 Å². The lowest BCUT2D eigenvalue weighted by atomic mass is 10.0. The van der Waals surface area contributed by atoms with Crippen molar-refractivity contribution < 1.29 is 20.1 Å². The third-order valence-electron chi connectivity index (χ3n) is 2.27. The Kier molecular flexibility index (Phi) is 25.9. The van der Waals surface area contributed by atoms with Crippen molar-refractivity contribution in [3.63, 3.8) is 0 Å². The summed E-state index contributed by atoms with van der Waals surface area (Å²) in [4.78, 5) is 9.86. The Morgan fingerprint density at radius 1 is 0.882 bits per heavy atom. The fourth-order valence-electron chi connectivity index (χ4n) is 1.18. The predicted molar refractivity (Wildman–Crippen MR) is 71.1 cm³/mol. The number of aliphatic carboxylic acids is 1. The molecule has 0 radical (unpaired) electrons. The van der Waals surface area contributed by atoms with E-state index in [1.165, 1.54) is 38.5 Å². The molecule has 0 atom stereocenters. The summed E-state index contributed by atoms with van der Waals surface area (Å²) in [6.45, 7) is 3.26. The van der Waals surface area contributed by atoms with E-state index in [1.54, 1.807) is 19.9 Å². The molecule has 0 spiro atoms. The van der Waals surface area contributed by atoms with E-state index in [9.17, 15) is 4.79 Å². The first kappa shape index (κ1) is 21.4. The Morgan fingerprint density at radius 3 is 1.18 bits per heavy atom.